The molecule has 0 amide bonds. The first kappa shape index (κ1) is 12.0. The molecule has 0 fully saturated rings. The third-order valence-corrected chi connectivity index (χ3v) is 3.54. The predicted octanol–water partition coefficient (Wildman–Crippen LogP) is 2.29. The molecular weight excluding hydrogens is 232 g/mol. The van der Waals surface area contributed by atoms with Gasteiger partial charge in [0, 0.05) is 22.6 Å². The van der Waals surface area contributed by atoms with E-state index in [2.05, 4.69) is 33.8 Å². The molecule has 0 atom stereocenters. The summed E-state index contributed by atoms with van der Waals surface area (Å²) in [5.74, 6) is 7.06. The van der Waals surface area contributed by atoms with Crippen LogP contribution in [-0.4, -0.2) is 9.97 Å². The fraction of sp³-hybridized carbons (Fsp3) is 0.333. The van der Waals surface area contributed by atoms with Crippen molar-refractivity contribution in [1.29, 1.82) is 0 Å². The van der Waals surface area contributed by atoms with Gasteiger partial charge in [0.1, 0.15) is 11.6 Å². The van der Waals surface area contributed by atoms with Crippen LogP contribution >= 0.6 is 11.3 Å². The molecule has 2 aromatic heterocycles. The molecule has 3 N–H and O–H groups in total. The van der Waals surface area contributed by atoms with E-state index in [1.54, 1.807) is 11.3 Å². The number of nitrogens with one attached hydrogen (secondary N) is 1. The van der Waals surface area contributed by atoms with Crippen LogP contribution in [0.25, 0.3) is 0 Å². The van der Waals surface area contributed by atoms with Crippen LogP contribution in [0.2, 0.25) is 0 Å². The lowest BCUT2D eigenvalue weighted by Crippen LogP contribution is -2.14. The highest BCUT2D eigenvalue weighted by Crippen LogP contribution is 2.18. The number of hydrogen-bond acceptors (Lipinski definition) is 5. The molecule has 90 valence electrons. The SMILES string of the molecule is CCc1c(C)nc(Cc2cccs2)nc1NN. The molecule has 17 heavy (non-hydrogen) atoms. The van der Waals surface area contributed by atoms with E-state index in [4.69, 9.17) is 5.84 Å². The zero-order valence-corrected chi connectivity index (χ0v) is 10.8. The molecule has 2 aromatic rings. The van der Waals surface area contributed by atoms with E-state index in [-0.39, 0.29) is 0 Å². The van der Waals surface area contributed by atoms with Gasteiger partial charge in [0.05, 0.1) is 0 Å². The number of hydrogen-bond donors (Lipinski definition) is 2. The standard InChI is InChI=1S/C12H16N4S/c1-3-10-8(2)14-11(15-12(10)16-13)7-9-5-4-6-17-9/h4-6H,3,7,13H2,1-2H3,(H,14,15,16). The van der Waals surface area contributed by atoms with Crippen LogP contribution in [0, 0.1) is 6.92 Å². The minimum atomic E-state index is 0.742. The van der Waals surface area contributed by atoms with Gasteiger partial charge >= 0.3 is 0 Å². The van der Waals surface area contributed by atoms with Crippen LogP contribution in [0.15, 0.2) is 17.5 Å². The highest BCUT2D eigenvalue weighted by Gasteiger charge is 2.09. The Hall–Kier alpha value is -1.46. The average Bonchev–Trinajstić information content (AvgIpc) is 2.81. The number of nitrogen functional groups attached to an aromatic ring is 1. The fourth-order valence-electron chi connectivity index (χ4n) is 1.84. The van der Waals surface area contributed by atoms with E-state index in [1.807, 2.05) is 13.0 Å². The second-order valence-corrected chi connectivity index (χ2v) is 4.84. The first-order valence-electron chi connectivity index (χ1n) is 5.60. The van der Waals surface area contributed by atoms with Gasteiger partial charge in [-0.25, -0.2) is 15.8 Å². The summed E-state index contributed by atoms with van der Waals surface area (Å²) < 4.78 is 0. The monoisotopic (exact) mass is 248 g/mol. The van der Waals surface area contributed by atoms with Crippen LogP contribution in [0.5, 0.6) is 0 Å². The number of anilines is 1. The van der Waals surface area contributed by atoms with Gasteiger partial charge < -0.3 is 5.43 Å². The van der Waals surface area contributed by atoms with Gasteiger partial charge in [0.25, 0.3) is 0 Å². The number of thiophene rings is 1. The van der Waals surface area contributed by atoms with Gasteiger partial charge in [-0.1, -0.05) is 13.0 Å². The number of hydrazine groups is 1. The highest BCUT2D eigenvalue weighted by atomic mass is 32.1. The van der Waals surface area contributed by atoms with Crippen molar-refractivity contribution in [2.45, 2.75) is 26.7 Å². The van der Waals surface area contributed by atoms with E-state index in [1.165, 1.54) is 4.88 Å². The minimum absolute atomic E-state index is 0.742. The molecule has 0 radical (unpaired) electrons. The summed E-state index contributed by atoms with van der Waals surface area (Å²) in [7, 11) is 0. The predicted molar refractivity (Wildman–Crippen MR) is 71.1 cm³/mol. The Kier molecular flexibility index (Phi) is 3.71. The Labute approximate surface area is 105 Å². The molecule has 0 aromatic carbocycles. The van der Waals surface area contributed by atoms with E-state index >= 15 is 0 Å². The first-order valence-corrected chi connectivity index (χ1v) is 6.48. The van der Waals surface area contributed by atoms with Crippen molar-refractivity contribution in [3.63, 3.8) is 0 Å². The van der Waals surface area contributed by atoms with Gasteiger partial charge in [0.2, 0.25) is 0 Å². The lowest BCUT2D eigenvalue weighted by atomic mass is 10.1. The van der Waals surface area contributed by atoms with Gasteiger partial charge in [-0.2, -0.15) is 0 Å². The molecule has 0 saturated heterocycles. The number of nitrogens with two attached hydrogens (primary N) is 1. The third kappa shape index (κ3) is 2.62. The third-order valence-electron chi connectivity index (χ3n) is 2.66. The Morgan fingerprint density at radius 3 is 2.82 bits per heavy atom. The number of aromatic nitrogens is 2. The number of nitrogens with zero attached hydrogens (tertiary/aromatic N) is 2. The topological polar surface area (TPSA) is 63.8 Å². The van der Waals surface area contributed by atoms with Crippen LogP contribution in [0.4, 0.5) is 5.82 Å². The molecule has 4 nitrogen and oxygen atoms in total. The largest absolute Gasteiger partial charge is 0.308 e. The summed E-state index contributed by atoms with van der Waals surface area (Å²) in [6, 6.07) is 4.13. The van der Waals surface area contributed by atoms with E-state index in [0.717, 1.165) is 35.7 Å². The van der Waals surface area contributed by atoms with Crippen LogP contribution < -0.4 is 11.3 Å². The van der Waals surface area contributed by atoms with Crippen molar-refractivity contribution in [1.82, 2.24) is 9.97 Å². The Morgan fingerprint density at radius 1 is 1.41 bits per heavy atom. The molecule has 0 aliphatic carbocycles. The lowest BCUT2D eigenvalue weighted by Gasteiger charge is -2.10. The molecule has 0 saturated carbocycles. The molecule has 0 spiro atoms. The normalized spacial score (nSPS) is 10.5. The zero-order chi connectivity index (χ0) is 12.3. The molecule has 2 rings (SSSR count). The lowest BCUT2D eigenvalue weighted by molar-refractivity contribution is 0.910. The van der Waals surface area contributed by atoms with Crippen molar-refractivity contribution in [3.05, 3.63) is 39.5 Å². The maximum Gasteiger partial charge on any atom is 0.147 e. The van der Waals surface area contributed by atoms with Gasteiger partial charge in [-0.3, -0.25) is 0 Å². The maximum atomic E-state index is 5.50. The average molecular weight is 248 g/mol. The van der Waals surface area contributed by atoms with Crippen molar-refractivity contribution >= 4 is 17.2 Å². The highest BCUT2D eigenvalue weighted by molar-refractivity contribution is 7.09. The second kappa shape index (κ2) is 5.25. The number of rotatable bonds is 4. The van der Waals surface area contributed by atoms with Gasteiger partial charge in [0.15, 0.2) is 0 Å². The number of aryl methyl sites for hydroxylation is 1. The smallest absolute Gasteiger partial charge is 0.147 e. The first-order chi connectivity index (χ1) is 8.24. The summed E-state index contributed by atoms with van der Waals surface area (Å²) >= 11 is 1.72. The Balaban J connectivity index is 2.33. The Morgan fingerprint density at radius 2 is 2.24 bits per heavy atom. The summed E-state index contributed by atoms with van der Waals surface area (Å²) in [5.41, 5.74) is 4.75. The van der Waals surface area contributed by atoms with Crippen LogP contribution in [0.1, 0.15) is 28.9 Å². The van der Waals surface area contributed by atoms with Crippen molar-refractivity contribution in [3.8, 4) is 0 Å². The molecule has 5 heteroatoms. The van der Waals surface area contributed by atoms with Crippen molar-refractivity contribution in [2.24, 2.45) is 5.84 Å². The van der Waals surface area contributed by atoms with E-state index in [9.17, 15) is 0 Å². The van der Waals surface area contributed by atoms with E-state index < -0.39 is 0 Å². The minimum Gasteiger partial charge on any atom is -0.308 e. The van der Waals surface area contributed by atoms with Crippen molar-refractivity contribution in [2.75, 3.05) is 5.43 Å². The fourth-order valence-corrected chi connectivity index (χ4v) is 2.55. The molecule has 0 unspecified atom stereocenters. The summed E-state index contributed by atoms with van der Waals surface area (Å²) in [6.45, 7) is 4.07. The zero-order valence-electron chi connectivity index (χ0n) is 10.0. The summed E-state index contributed by atoms with van der Waals surface area (Å²) in [4.78, 5) is 10.2. The van der Waals surface area contributed by atoms with Gasteiger partial charge in [-0.15, -0.1) is 11.3 Å². The van der Waals surface area contributed by atoms with Gasteiger partial charge in [-0.05, 0) is 24.8 Å². The molecule has 2 heterocycles. The molecule has 0 aliphatic heterocycles. The molecular formula is C12H16N4S. The summed E-state index contributed by atoms with van der Waals surface area (Å²) in [5, 5.41) is 2.06. The van der Waals surface area contributed by atoms with Crippen LogP contribution in [0.3, 0.4) is 0 Å². The molecule has 0 bridgehead atoms. The van der Waals surface area contributed by atoms with Crippen LogP contribution in [-0.2, 0) is 12.8 Å². The quantitative estimate of drug-likeness (QED) is 0.643. The van der Waals surface area contributed by atoms with Crippen molar-refractivity contribution < 1.29 is 0 Å². The Bertz CT molecular complexity index is 493. The maximum absolute atomic E-state index is 5.50. The van der Waals surface area contributed by atoms with E-state index in [0.29, 0.717) is 0 Å². The summed E-state index contributed by atoms with van der Waals surface area (Å²) in [6.07, 6.45) is 1.64. The molecule has 0 aliphatic rings. The second-order valence-electron chi connectivity index (χ2n) is 3.81.